The number of rotatable bonds is 8. The minimum Gasteiger partial charge on any atom is -0.481 e. The molecule has 4 aromatic heterocycles. The van der Waals surface area contributed by atoms with Gasteiger partial charge in [-0.3, -0.25) is 20.5 Å². The molecule has 1 aliphatic rings. The third-order valence-electron chi connectivity index (χ3n) is 6.13. The second-order valence-electron chi connectivity index (χ2n) is 9.41. The summed E-state index contributed by atoms with van der Waals surface area (Å²) in [5.41, 5.74) is 6.61. The van der Waals surface area contributed by atoms with Crippen molar-refractivity contribution < 1.29 is 23.9 Å². The standard InChI is InChI=1S/C27H27N9O5S/c1-4-29-25(38)34-21-10-15(24-33-20(14-42-24)17-6-5-7-22(32-17)40-3)16(11-30-21)18-12-28-13-19(31-18)23(37)35-36-26(39)41-27(2)8-9-27/h5-7,10-14H,4,8-9H2,1-3H3,(H,35,37)(H,36,39)(H2,29,30,34,38). The second-order valence-corrected chi connectivity index (χ2v) is 10.3. The number of carbonyl (C=O) groups excluding carboxylic acids is 3. The molecule has 4 N–H and O–H groups in total. The summed E-state index contributed by atoms with van der Waals surface area (Å²) in [6.07, 6.45) is 5.03. The lowest BCUT2D eigenvalue weighted by Crippen LogP contribution is -2.43. The highest BCUT2D eigenvalue weighted by atomic mass is 32.1. The zero-order valence-electron chi connectivity index (χ0n) is 22.9. The van der Waals surface area contributed by atoms with Crippen molar-refractivity contribution in [3.05, 3.63) is 53.9 Å². The molecule has 0 aliphatic heterocycles. The average molecular weight is 590 g/mol. The van der Waals surface area contributed by atoms with Gasteiger partial charge in [0.25, 0.3) is 5.91 Å². The van der Waals surface area contributed by atoms with Gasteiger partial charge in [0.2, 0.25) is 5.88 Å². The van der Waals surface area contributed by atoms with E-state index in [1.807, 2.05) is 24.4 Å². The van der Waals surface area contributed by atoms with Gasteiger partial charge in [-0.2, -0.15) is 0 Å². The van der Waals surface area contributed by atoms with E-state index in [0.29, 0.717) is 45.6 Å². The Morgan fingerprint density at radius 2 is 1.83 bits per heavy atom. The number of nitrogens with one attached hydrogen (secondary N) is 4. The molecule has 0 bridgehead atoms. The van der Waals surface area contributed by atoms with E-state index >= 15 is 0 Å². The monoisotopic (exact) mass is 589 g/mol. The van der Waals surface area contributed by atoms with Crippen LogP contribution in [0.5, 0.6) is 5.88 Å². The summed E-state index contributed by atoms with van der Waals surface area (Å²) >= 11 is 1.35. The number of hydrogen-bond donors (Lipinski definition) is 4. The van der Waals surface area contributed by atoms with E-state index in [4.69, 9.17) is 14.5 Å². The zero-order chi connectivity index (χ0) is 29.7. The van der Waals surface area contributed by atoms with Gasteiger partial charge in [-0.1, -0.05) is 6.07 Å². The van der Waals surface area contributed by atoms with E-state index in [0.717, 1.165) is 12.8 Å². The van der Waals surface area contributed by atoms with Crippen molar-refractivity contribution in [1.29, 1.82) is 0 Å². The Morgan fingerprint density at radius 1 is 1.00 bits per heavy atom. The summed E-state index contributed by atoms with van der Waals surface area (Å²) in [4.78, 5) is 59.1. The predicted octanol–water partition coefficient (Wildman–Crippen LogP) is 3.80. The summed E-state index contributed by atoms with van der Waals surface area (Å²) in [6, 6.07) is 6.63. The van der Waals surface area contributed by atoms with Crippen LogP contribution in [0.15, 0.2) is 48.2 Å². The highest BCUT2D eigenvalue weighted by molar-refractivity contribution is 7.13. The van der Waals surface area contributed by atoms with Crippen molar-refractivity contribution >= 4 is 35.2 Å². The molecule has 14 nitrogen and oxygen atoms in total. The number of urea groups is 1. The number of carbonyl (C=O) groups is 3. The predicted molar refractivity (Wildman–Crippen MR) is 154 cm³/mol. The number of amides is 4. The first-order valence-electron chi connectivity index (χ1n) is 12.9. The molecule has 1 saturated carbocycles. The number of hydrazine groups is 1. The molecule has 0 unspecified atom stereocenters. The van der Waals surface area contributed by atoms with Gasteiger partial charge in [-0.25, -0.2) is 35.0 Å². The molecule has 1 fully saturated rings. The van der Waals surface area contributed by atoms with Crippen LogP contribution in [0.3, 0.4) is 0 Å². The second kappa shape index (κ2) is 12.1. The van der Waals surface area contributed by atoms with E-state index in [-0.39, 0.29) is 11.5 Å². The van der Waals surface area contributed by atoms with Crippen LogP contribution in [0.25, 0.3) is 33.2 Å². The number of anilines is 1. The third kappa shape index (κ3) is 6.75. The van der Waals surface area contributed by atoms with Gasteiger partial charge in [0.1, 0.15) is 27.8 Å². The summed E-state index contributed by atoms with van der Waals surface area (Å²) < 4.78 is 10.5. The number of hydrogen-bond acceptors (Lipinski definition) is 11. The molecule has 0 radical (unpaired) electrons. The number of aromatic nitrogens is 5. The molecule has 4 amide bonds. The molecule has 42 heavy (non-hydrogen) atoms. The highest BCUT2D eigenvalue weighted by Gasteiger charge is 2.41. The van der Waals surface area contributed by atoms with Crippen molar-refractivity contribution in [2.45, 2.75) is 32.3 Å². The Labute approximate surface area is 244 Å². The van der Waals surface area contributed by atoms with Crippen LogP contribution in [0, 0.1) is 0 Å². The van der Waals surface area contributed by atoms with E-state index in [2.05, 4.69) is 41.4 Å². The van der Waals surface area contributed by atoms with Gasteiger partial charge in [-0.05, 0) is 38.8 Å². The Morgan fingerprint density at radius 3 is 2.60 bits per heavy atom. The van der Waals surface area contributed by atoms with E-state index < -0.39 is 23.6 Å². The fourth-order valence-corrected chi connectivity index (χ4v) is 4.56. The SMILES string of the molecule is CCNC(=O)Nc1cc(-c2nc(-c3cccc(OC)n3)cs2)c(-c2cncc(C(=O)NNC(=O)OC3(C)CC3)n2)cn1. The van der Waals surface area contributed by atoms with Gasteiger partial charge in [0.05, 0.1) is 30.9 Å². The minimum atomic E-state index is -0.765. The molecule has 0 spiro atoms. The molecule has 216 valence electrons. The van der Waals surface area contributed by atoms with Gasteiger partial charge < -0.3 is 14.8 Å². The van der Waals surface area contributed by atoms with Crippen LogP contribution in [0.2, 0.25) is 0 Å². The van der Waals surface area contributed by atoms with Crippen molar-refractivity contribution in [3.63, 3.8) is 0 Å². The molecule has 0 atom stereocenters. The Hall–Kier alpha value is -5.18. The average Bonchev–Trinajstić information content (AvgIpc) is 3.50. The van der Waals surface area contributed by atoms with Crippen LogP contribution < -0.4 is 26.2 Å². The molecule has 15 heteroatoms. The highest BCUT2D eigenvalue weighted by Crippen LogP contribution is 2.38. The van der Waals surface area contributed by atoms with E-state index in [1.165, 1.54) is 37.0 Å². The summed E-state index contributed by atoms with van der Waals surface area (Å²) in [5, 5.41) is 7.79. The van der Waals surface area contributed by atoms with Crippen molar-refractivity contribution in [2.75, 3.05) is 19.0 Å². The fraction of sp³-hybridized carbons (Fsp3) is 0.259. The Balaban J connectivity index is 1.45. The van der Waals surface area contributed by atoms with Crippen LogP contribution in [-0.2, 0) is 4.74 Å². The quantitative estimate of drug-likeness (QED) is 0.221. The Bertz CT molecular complexity index is 1640. The fourth-order valence-electron chi connectivity index (χ4n) is 3.72. The summed E-state index contributed by atoms with van der Waals surface area (Å²) in [7, 11) is 1.54. The lowest BCUT2D eigenvalue weighted by molar-refractivity contribution is 0.0796. The number of thiazole rings is 1. The first-order chi connectivity index (χ1) is 20.3. The maximum Gasteiger partial charge on any atom is 0.426 e. The molecule has 0 aromatic carbocycles. The maximum atomic E-state index is 12.7. The van der Waals surface area contributed by atoms with Crippen LogP contribution in [0.4, 0.5) is 15.4 Å². The number of ether oxygens (including phenoxy) is 2. The van der Waals surface area contributed by atoms with Gasteiger partial charge in [0.15, 0.2) is 0 Å². The molecule has 4 heterocycles. The van der Waals surface area contributed by atoms with Crippen molar-refractivity contribution in [1.82, 2.24) is 41.1 Å². The lowest BCUT2D eigenvalue weighted by atomic mass is 10.1. The third-order valence-corrected chi connectivity index (χ3v) is 7.00. The van der Waals surface area contributed by atoms with Crippen LogP contribution in [-0.4, -0.2) is 62.2 Å². The first-order valence-corrected chi connectivity index (χ1v) is 13.8. The smallest absolute Gasteiger partial charge is 0.426 e. The number of nitrogens with zero attached hydrogens (tertiary/aromatic N) is 5. The van der Waals surface area contributed by atoms with E-state index in [9.17, 15) is 14.4 Å². The van der Waals surface area contributed by atoms with Crippen molar-refractivity contribution in [3.8, 4) is 39.1 Å². The van der Waals surface area contributed by atoms with Gasteiger partial charge in [0, 0.05) is 35.3 Å². The number of methoxy groups -OCH3 is 1. The molecule has 1 aliphatic carbocycles. The summed E-state index contributed by atoms with van der Waals surface area (Å²) in [5.74, 6) is 0.0479. The Kier molecular flexibility index (Phi) is 8.19. The molecule has 4 aromatic rings. The van der Waals surface area contributed by atoms with E-state index in [1.54, 1.807) is 19.1 Å². The lowest BCUT2D eigenvalue weighted by Gasteiger charge is -2.13. The summed E-state index contributed by atoms with van der Waals surface area (Å²) in [6.45, 7) is 4.06. The number of pyridine rings is 2. The largest absolute Gasteiger partial charge is 0.481 e. The zero-order valence-corrected chi connectivity index (χ0v) is 23.7. The van der Waals surface area contributed by atoms with Gasteiger partial charge >= 0.3 is 12.1 Å². The first kappa shape index (κ1) is 28.4. The van der Waals surface area contributed by atoms with Crippen LogP contribution >= 0.6 is 11.3 Å². The van der Waals surface area contributed by atoms with Crippen molar-refractivity contribution in [2.24, 2.45) is 0 Å². The molecule has 0 saturated heterocycles. The maximum absolute atomic E-state index is 12.7. The van der Waals surface area contributed by atoms with Crippen LogP contribution in [0.1, 0.15) is 37.2 Å². The molecular weight excluding hydrogens is 562 g/mol. The van der Waals surface area contributed by atoms with Gasteiger partial charge in [-0.15, -0.1) is 11.3 Å². The molecule has 5 rings (SSSR count). The molecular formula is C27H27N9O5S. The minimum absolute atomic E-state index is 0.0543. The topological polar surface area (TPSA) is 182 Å². The normalized spacial score (nSPS) is 13.0.